The zero-order valence-corrected chi connectivity index (χ0v) is 13.9. The van der Waals surface area contributed by atoms with Crippen LogP contribution in [-0.4, -0.2) is 28.5 Å². The molecule has 0 aliphatic heterocycles. The highest BCUT2D eigenvalue weighted by Gasteiger charge is 2.13. The fourth-order valence-corrected chi connectivity index (χ4v) is 4.69. The number of ether oxygens (including phenoxy) is 1. The van der Waals surface area contributed by atoms with E-state index in [2.05, 4.69) is 19.6 Å². The second-order valence-corrected chi connectivity index (χ2v) is 8.01. The standard InChI is InChI=1S/C16H30O2Si/c1-2-3-13-19-16(14-17)11-7-8-12-18-15-9-5-4-6-10-15/h4,15-16H,2-3,5-13,19H2,1H3. The van der Waals surface area contributed by atoms with Crippen LogP contribution in [0.2, 0.25) is 11.6 Å². The van der Waals surface area contributed by atoms with Gasteiger partial charge in [-0.1, -0.05) is 32.2 Å². The predicted molar refractivity (Wildman–Crippen MR) is 84.1 cm³/mol. The monoisotopic (exact) mass is 282 g/mol. The van der Waals surface area contributed by atoms with Crippen LogP contribution in [-0.2, 0) is 9.53 Å². The topological polar surface area (TPSA) is 26.3 Å². The van der Waals surface area contributed by atoms with Gasteiger partial charge in [0, 0.05) is 21.7 Å². The molecule has 0 heterocycles. The van der Waals surface area contributed by atoms with E-state index in [1.54, 1.807) is 0 Å². The normalized spacial score (nSPS) is 19.0. The first-order valence-corrected chi connectivity index (χ1v) is 9.99. The third-order valence-corrected chi connectivity index (χ3v) is 6.19. The van der Waals surface area contributed by atoms with Crippen molar-refractivity contribution in [2.45, 2.75) is 82.4 Å². The molecular formula is C16H30O2Si. The van der Waals surface area contributed by atoms with Crippen molar-refractivity contribution < 1.29 is 9.53 Å². The molecule has 1 saturated carbocycles. The summed E-state index contributed by atoms with van der Waals surface area (Å²) in [5.74, 6) is 0. The summed E-state index contributed by atoms with van der Waals surface area (Å²) in [6.07, 6.45) is 15.8. The van der Waals surface area contributed by atoms with Gasteiger partial charge in [0.05, 0.1) is 6.10 Å². The van der Waals surface area contributed by atoms with Gasteiger partial charge in [-0.15, -0.1) is 0 Å². The lowest BCUT2D eigenvalue weighted by Crippen LogP contribution is -2.17. The summed E-state index contributed by atoms with van der Waals surface area (Å²) in [4.78, 5) is 10.9. The summed E-state index contributed by atoms with van der Waals surface area (Å²) < 4.78 is 5.89. The molecule has 2 nitrogen and oxygen atoms in total. The van der Waals surface area contributed by atoms with Gasteiger partial charge in [-0.05, 0) is 44.9 Å². The number of unbranched alkanes of at least 4 members (excludes halogenated alkanes) is 2. The summed E-state index contributed by atoms with van der Waals surface area (Å²) in [7, 11) is -0.208. The molecule has 0 aromatic heterocycles. The van der Waals surface area contributed by atoms with Gasteiger partial charge in [0.1, 0.15) is 0 Å². The van der Waals surface area contributed by atoms with Crippen molar-refractivity contribution in [1.29, 1.82) is 0 Å². The maximum Gasteiger partial charge on any atom is 0.198 e. The van der Waals surface area contributed by atoms with E-state index < -0.39 is 0 Å². The van der Waals surface area contributed by atoms with Crippen LogP contribution < -0.4 is 0 Å². The van der Waals surface area contributed by atoms with E-state index in [1.807, 2.05) is 0 Å². The van der Waals surface area contributed by atoms with Crippen LogP contribution in [0, 0.1) is 6.42 Å². The summed E-state index contributed by atoms with van der Waals surface area (Å²) >= 11 is 0. The van der Waals surface area contributed by atoms with Crippen LogP contribution in [0.1, 0.15) is 64.7 Å². The van der Waals surface area contributed by atoms with E-state index >= 15 is 0 Å². The van der Waals surface area contributed by atoms with Crippen molar-refractivity contribution in [2.75, 3.05) is 6.61 Å². The minimum atomic E-state index is -0.208. The molecule has 1 unspecified atom stereocenters. The molecule has 0 aromatic rings. The van der Waals surface area contributed by atoms with E-state index in [4.69, 9.17) is 4.74 Å². The molecule has 0 spiro atoms. The average molecular weight is 282 g/mol. The molecule has 19 heavy (non-hydrogen) atoms. The number of hydrogen-bond donors (Lipinski definition) is 0. The van der Waals surface area contributed by atoms with Gasteiger partial charge in [0.2, 0.25) is 0 Å². The molecule has 0 amide bonds. The molecule has 0 saturated heterocycles. The van der Waals surface area contributed by atoms with E-state index in [1.165, 1.54) is 44.6 Å². The van der Waals surface area contributed by atoms with Gasteiger partial charge >= 0.3 is 0 Å². The summed E-state index contributed by atoms with van der Waals surface area (Å²) in [6.45, 7) is 3.10. The summed E-state index contributed by atoms with van der Waals surface area (Å²) in [6, 6.07) is 1.31. The van der Waals surface area contributed by atoms with Crippen molar-refractivity contribution in [3.8, 4) is 0 Å². The lowest BCUT2D eigenvalue weighted by Gasteiger charge is -2.21. The Morgan fingerprint density at radius 3 is 2.79 bits per heavy atom. The van der Waals surface area contributed by atoms with E-state index in [9.17, 15) is 4.79 Å². The van der Waals surface area contributed by atoms with Crippen molar-refractivity contribution in [3.05, 3.63) is 6.42 Å². The van der Waals surface area contributed by atoms with Crippen LogP contribution in [0.4, 0.5) is 0 Å². The van der Waals surface area contributed by atoms with Crippen LogP contribution >= 0.6 is 0 Å². The highest BCUT2D eigenvalue weighted by Crippen LogP contribution is 2.20. The highest BCUT2D eigenvalue weighted by molar-refractivity contribution is 6.42. The summed E-state index contributed by atoms with van der Waals surface area (Å²) in [5.41, 5.74) is 0.302. The minimum absolute atomic E-state index is 0.208. The molecule has 1 atom stereocenters. The van der Waals surface area contributed by atoms with Crippen LogP contribution in [0.5, 0.6) is 0 Å². The fourth-order valence-electron chi connectivity index (χ4n) is 2.71. The molecule has 1 fully saturated rings. The van der Waals surface area contributed by atoms with Crippen LogP contribution in [0.3, 0.4) is 0 Å². The number of hydrogen-bond acceptors (Lipinski definition) is 2. The molecule has 110 valence electrons. The smallest absolute Gasteiger partial charge is 0.198 e. The van der Waals surface area contributed by atoms with Crippen LogP contribution in [0.25, 0.3) is 0 Å². The first kappa shape index (κ1) is 16.9. The van der Waals surface area contributed by atoms with Crippen molar-refractivity contribution in [2.24, 2.45) is 0 Å². The molecule has 1 aliphatic rings. The molecule has 0 N–H and O–H groups in total. The summed E-state index contributed by atoms with van der Waals surface area (Å²) in [5, 5.41) is 0. The van der Waals surface area contributed by atoms with Gasteiger partial charge < -0.3 is 4.74 Å². The SMILES string of the molecule is CCCC[SiH2]C([C]=O)CCCCOC1CC[CH]CC1. The Hall–Kier alpha value is -0.153. The third kappa shape index (κ3) is 8.59. The Morgan fingerprint density at radius 2 is 2.11 bits per heavy atom. The number of carbonyl (C=O) groups excluding carboxylic acids is 1. The second-order valence-electron chi connectivity index (χ2n) is 5.74. The third-order valence-electron chi connectivity index (χ3n) is 4.01. The zero-order chi connectivity index (χ0) is 13.8. The molecule has 2 radical (unpaired) electrons. The van der Waals surface area contributed by atoms with Crippen molar-refractivity contribution in [3.63, 3.8) is 0 Å². The van der Waals surface area contributed by atoms with Gasteiger partial charge in [-0.3, -0.25) is 4.79 Å². The largest absolute Gasteiger partial charge is 0.378 e. The van der Waals surface area contributed by atoms with E-state index in [0.717, 1.165) is 25.9 Å². The van der Waals surface area contributed by atoms with Gasteiger partial charge in [0.15, 0.2) is 6.29 Å². The zero-order valence-electron chi connectivity index (χ0n) is 12.5. The second kappa shape index (κ2) is 11.7. The lowest BCUT2D eigenvalue weighted by atomic mass is 9.98. The van der Waals surface area contributed by atoms with Crippen molar-refractivity contribution in [1.82, 2.24) is 0 Å². The Kier molecular flexibility index (Phi) is 10.4. The Morgan fingerprint density at radius 1 is 1.32 bits per heavy atom. The lowest BCUT2D eigenvalue weighted by molar-refractivity contribution is 0.0327. The Bertz CT molecular complexity index is 215. The minimum Gasteiger partial charge on any atom is -0.378 e. The maximum absolute atomic E-state index is 10.9. The van der Waals surface area contributed by atoms with E-state index in [-0.39, 0.29) is 9.52 Å². The molecule has 1 rings (SSSR count). The van der Waals surface area contributed by atoms with Crippen LogP contribution in [0.15, 0.2) is 0 Å². The molecule has 1 aliphatic carbocycles. The Labute approximate surface area is 121 Å². The molecule has 3 heteroatoms. The highest BCUT2D eigenvalue weighted by atomic mass is 28.2. The molecule has 0 aromatic carbocycles. The predicted octanol–water partition coefficient (Wildman–Crippen LogP) is 3.61. The van der Waals surface area contributed by atoms with E-state index in [0.29, 0.717) is 11.6 Å². The van der Waals surface area contributed by atoms with Gasteiger partial charge in [-0.2, -0.15) is 0 Å². The van der Waals surface area contributed by atoms with Gasteiger partial charge in [0.25, 0.3) is 0 Å². The van der Waals surface area contributed by atoms with Gasteiger partial charge in [-0.25, -0.2) is 0 Å². The number of rotatable bonds is 11. The Balaban J connectivity index is 1.94. The van der Waals surface area contributed by atoms with Crippen molar-refractivity contribution >= 4 is 15.8 Å². The first-order chi connectivity index (χ1) is 9.36. The molecule has 0 bridgehead atoms. The maximum atomic E-state index is 10.9. The first-order valence-electron chi connectivity index (χ1n) is 8.17. The average Bonchev–Trinajstić information content (AvgIpc) is 2.46. The quantitative estimate of drug-likeness (QED) is 0.427. The molecular weight excluding hydrogens is 252 g/mol. The fraction of sp³-hybridized carbons (Fsp3) is 0.875.